The lowest BCUT2D eigenvalue weighted by molar-refractivity contribution is -0.135. The van der Waals surface area contributed by atoms with Gasteiger partial charge >= 0.3 is 0 Å². The van der Waals surface area contributed by atoms with Crippen molar-refractivity contribution in [1.82, 2.24) is 19.7 Å². The van der Waals surface area contributed by atoms with E-state index in [9.17, 15) is 4.79 Å². The van der Waals surface area contributed by atoms with Gasteiger partial charge in [0.1, 0.15) is 11.5 Å². The molecule has 2 aliphatic rings. The third kappa shape index (κ3) is 4.85. The molecule has 0 saturated carbocycles. The summed E-state index contributed by atoms with van der Waals surface area (Å²) in [4.78, 5) is 15.8. The summed E-state index contributed by atoms with van der Waals surface area (Å²) in [6, 6.07) is 21.8. The first-order valence-corrected chi connectivity index (χ1v) is 12.6. The van der Waals surface area contributed by atoms with Crippen LogP contribution < -0.4 is 0 Å². The molecule has 1 unspecified atom stereocenters. The molecule has 1 atom stereocenters. The van der Waals surface area contributed by atoms with Gasteiger partial charge in [0.05, 0.1) is 43.4 Å². The van der Waals surface area contributed by atoms with Crippen LogP contribution in [-0.4, -0.2) is 64.2 Å². The standard InChI is InChI=1S/C29H29N5O3/c1-21-9-11-22(12-10-21)29-24(19-33(31-29)23-6-3-2-4-7-23)26-18-25(27-8-5-15-37-27)30-34(26)28(35)20-32-13-16-36-17-14-32/h2-12,15,19,26H,13-14,16-18,20H2,1H3. The van der Waals surface area contributed by atoms with Crippen molar-refractivity contribution in [3.05, 3.63) is 96.1 Å². The van der Waals surface area contributed by atoms with Gasteiger partial charge in [0.25, 0.3) is 5.91 Å². The summed E-state index contributed by atoms with van der Waals surface area (Å²) >= 11 is 0. The van der Waals surface area contributed by atoms with Crippen LogP contribution in [-0.2, 0) is 9.53 Å². The topological polar surface area (TPSA) is 76.1 Å². The van der Waals surface area contributed by atoms with Crippen LogP contribution in [0.1, 0.15) is 29.3 Å². The number of morpholine rings is 1. The van der Waals surface area contributed by atoms with Gasteiger partial charge in [0.15, 0.2) is 0 Å². The lowest BCUT2D eigenvalue weighted by Crippen LogP contribution is -2.43. The third-order valence-electron chi connectivity index (χ3n) is 6.88. The van der Waals surface area contributed by atoms with Gasteiger partial charge in [0.2, 0.25) is 0 Å². The Labute approximate surface area is 215 Å². The Bertz CT molecular complexity index is 1390. The Morgan fingerprint density at radius 2 is 1.78 bits per heavy atom. The smallest absolute Gasteiger partial charge is 0.257 e. The number of rotatable bonds is 6. The van der Waals surface area contributed by atoms with Gasteiger partial charge in [0, 0.05) is 36.8 Å². The molecule has 0 bridgehead atoms. The minimum absolute atomic E-state index is 0.0456. The third-order valence-corrected chi connectivity index (χ3v) is 6.88. The van der Waals surface area contributed by atoms with Crippen LogP contribution in [0.25, 0.3) is 16.9 Å². The zero-order valence-electron chi connectivity index (χ0n) is 20.8. The summed E-state index contributed by atoms with van der Waals surface area (Å²) in [5.74, 6) is 0.634. The fraction of sp³-hybridized carbons (Fsp3) is 0.276. The molecule has 0 N–H and O–H groups in total. The molecule has 4 aromatic rings. The number of hydrogen-bond donors (Lipinski definition) is 0. The van der Waals surface area contributed by atoms with Crippen LogP contribution in [0.15, 0.2) is 88.7 Å². The number of hydrazone groups is 1. The molecular formula is C29H29N5O3. The second-order valence-electron chi connectivity index (χ2n) is 9.45. The fourth-order valence-corrected chi connectivity index (χ4v) is 4.88. The number of para-hydroxylation sites is 1. The number of hydrogen-bond acceptors (Lipinski definition) is 6. The Kier molecular flexibility index (Phi) is 6.42. The Morgan fingerprint density at radius 1 is 1.00 bits per heavy atom. The summed E-state index contributed by atoms with van der Waals surface area (Å²) < 4.78 is 13.0. The highest BCUT2D eigenvalue weighted by Crippen LogP contribution is 2.38. The van der Waals surface area contributed by atoms with E-state index >= 15 is 0 Å². The molecule has 8 nitrogen and oxygen atoms in total. The predicted octanol–water partition coefficient (Wildman–Crippen LogP) is 4.45. The summed E-state index contributed by atoms with van der Waals surface area (Å²) in [5.41, 5.74) is 5.69. The molecule has 8 heteroatoms. The van der Waals surface area contributed by atoms with Crippen LogP contribution in [0, 0.1) is 6.92 Å². The van der Waals surface area contributed by atoms with E-state index in [-0.39, 0.29) is 11.9 Å². The van der Waals surface area contributed by atoms with E-state index in [2.05, 4.69) is 36.1 Å². The highest BCUT2D eigenvalue weighted by atomic mass is 16.5. The second-order valence-corrected chi connectivity index (χ2v) is 9.45. The van der Waals surface area contributed by atoms with E-state index in [1.54, 1.807) is 11.3 Å². The van der Waals surface area contributed by atoms with Crippen LogP contribution in [0.2, 0.25) is 0 Å². The van der Waals surface area contributed by atoms with E-state index in [0.29, 0.717) is 31.9 Å². The number of aromatic nitrogens is 2. The van der Waals surface area contributed by atoms with Gasteiger partial charge in [-0.15, -0.1) is 0 Å². The van der Waals surface area contributed by atoms with Crippen molar-refractivity contribution in [2.75, 3.05) is 32.8 Å². The number of carbonyl (C=O) groups is 1. The predicted molar refractivity (Wildman–Crippen MR) is 140 cm³/mol. The monoisotopic (exact) mass is 495 g/mol. The molecule has 2 aliphatic heterocycles. The number of carbonyl (C=O) groups excluding carboxylic acids is 1. The SMILES string of the molecule is Cc1ccc(-c2nn(-c3ccccc3)cc2C2CC(c3ccco3)=NN2C(=O)CN2CCOCC2)cc1. The molecule has 1 saturated heterocycles. The van der Waals surface area contributed by atoms with Crippen molar-refractivity contribution >= 4 is 11.6 Å². The normalized spacial score (nSPS) is 18.2. The van der Waals surface area contributed by atoms with Crippen molar-refractivity contribution in [3.63, 3.8) is 0 Å². The summed E-state index contributed by atoms with van der Waals surface area (Å²) in [6.45, 7) is 5.11. The highest BCUT2D eigenvalue weighted by Gasteiger charge is 2.37. The Balaban J connectivity index is 1.41. The molecule has 2 aromatic carbocycles. The van der Waals surface area contributed by atoms with Crippen molar-refractivity contribution in [1.29, 1.82) is 0 Å². The number of benzene rings is 2. The molecule has 6 rings (SSSR count). The molecule has 0 radical (unpaired) electrons. The lowest BCUT2D eigenvalue weighted by atomic mass is 9.97. The van der Waals surface area contributed by atoms with Gasteiger partial charge in [-0.1, -0.05) is 48.0 Å². The maximum atomic E-state index is 13.7. The molecule has 1 amide bonds. The van der Waals surface area contributed by atoms with Gasteiger partial charge in [-0.25, -0.2) is 9.69 Å². The second kappa shape index (κ2) is 10.2. The van der Waals surface area contributed by atoms with E-state index in [1.807, 2.05) is 53.3 Å². The maximum absolute atomic E-state index is 13.7. The fourth-order valence-electron chi connectivity index (χ4n) is 4.88. The maximum Gasteiger partial charge on any atom is 0.257 e. The van der Waals surface area contributed by atoms with Gasteiger partial charge < -0.3 is 9.15 Å². The average Bonchev–Trinajstić information content (AvgIpc) is 3.70. The number of nitrogens with zero attached hydrogens (tertiary/aromatic N) is 5. The number of furan rings is 1. The summed E-state index contributed by atoms with van der Waals surface area (Å²) in [5, 5.41) is 11.4. The molecule has 1 fully saturated rings. The lowest BCUT2D eigenvalue weighted by Gasteiger charge is -2.29. The van der Waals surface area contributed by atoms with Gasteiger partial charge in [-0.05, 0) is 31.2 Å². The molecule has 2 aromatic heterocycles. The molecule has 4 heterocycles. The zero-order valence-corrected chi connectivity index (χ0v) is 20.8. The first kappa shape index (κ1) is 23.4. The first-order valence-electron chi connectivity index (χ1n) is 12.6. The zero-order chi connectivity index (χ0) is 25.2. The Morgan fingerprint density at radius 3 is 2.51 bits per heavy atom. The van der Waals surface area contributed by atoms with Crippen LogP contribution >= 0.6 is 0 Å². The van der Waals surface area contributed by atoms with Crippen molar-refractivity contribution in [2.24, 2.45) is 5.10 Å². The average molecular weight is 496 g/mol. The molecule has 0 aliphatic carbocycles. The molecular weight excluding hydrogens is 466 g/mol. The number of ether oxygens (including phenoxy) is 1. The van der Waals surface area contributed by atoms with Crippen molar-refractivity contribution < 1.29 is 13.9 Å². The first-order chi connectivity index (χ1) is 18.2. The van der Waals surface area contributed by atoms with Crippen LogP contribution in [0.5, 0.6) is 0 Å². The van der Waals surface area contributed by atoms with Crippen LogP contribution in [0.3, 0.4) is 0 Å². The number of aryl methyl sites for hydroxylation is 1. The highest BCUT2D eigenvalue weighted by molar-refractivity contribution is 6.01. The minimum atomic E-state index is -0.303. The quantitative estimate of drug-likeness (QED) is 0.395. The number of amides is 1. The summed E-state index contributed by atoms with van der Waals surface area (Å²) in [6.07, 6.45) is 4.21. The van der Waals surface area contributed by atoms with Gasteiger partial charge in [-0.2, -0.15) is 10.2 Å². The van der Waals surface area contributed by atoms with E-state index in [4.69, 9.17) is 19.4 Å². The van der Waals surface area contributed by atoms with Gasteiger partial charge in [-0.3, -0.25) is 9.69 Å². The summed E-state index contributed by atoms with van der Waals surface area (Å²) in [7, 11) is 0. The van der Waals surface area contributed by atoms with Crippen molar-refractivity contribution in [2.45, 2.75) is 19.4 Å². The van der Waals surface area contributed by atoms with Crippen LogP contribution in [0.4, 0.5) is 0 Å². The largest absolute Gasteiger partial charge is 0.463 e. The Hall–Kier alpha value is -4.01. The van der Waals surface area contributed by atoms with E-state index in [1.165, 1.54) is 5.56 Å². The minimum Gasteiger partial charge on any atom is -0.463 e. The van der Waals surface area contributed by atoms with Crippen molar-refractivity contribution in [3.8, 4) is 16.9 Å². The molecule has 0 spiro atoms. The molecule has 188 valence electrons. The van der Waals surface area contributed by atoms with E-state index < -0.39 is 0 Å². The molecule has 37 heavy (non-hydrogen) atoms. The van der Waals surface area contributed by atoms with E-state index in [0.717, 1.165) is 41.3 Å².